The predicted octanol–water partition coefficient (Wildman–Crippen LogP) is 2.75. The molecule has 1 aliphatic heterocycles. The average Bonchev–Trinajstić information content (AvgIpc) is 2.79. The molecule has 114 valence electrons. The highest BCUT2D eigenvalue weighted by molar-refractivity contribution is 5.79. The summed E-state index contributed by atoms with van der Waals surface area (Å²) in [6.45, 7) is 10.0. The van der Waals surface area contributed by atoms with Gasteiger partial charge in [0.25, 0.3) is 0 Å². The number of esters is 1. The lowest BCUT2D eigenvalue weighted by atomic mass is 9.82. The molecular formula is C15H25NO4. The number of amides is 1. The summed E-state index contributed by atoms with van der Waals surface area (Å²) in [4.78, 5) is 25.7. The van der Waals surface area contributed by atoms with Gasteiger partial charge in [-0.05, 0) is 40.0 Å². The molecular weight excluding hydrogens is 258 g/mol. The Morgan fingerprint density at radius 3 is 2.55 bits per heavy atom. The molecule has 0 bridgehead atoms. The van der Waals surface area contributed by atoms with Crippen molar-refractivity contribution < 1.29 is 19.1 Å². The molecule has 0 aromatic rings. The first-order chi connectivity index (χ1) is 9.24. The fraction of sp³-hybridized carbons (Fsp3) is 0.733. The van der Waals surface area contributed by atoms with Crippen LogP contribution in [0.3, 0.4) is 0 Å². The number of hydrogen-bond donors (Lipinski definition) is 0. The number of nitrogens with zero attached hydrogens (tertiary/aromatic N) is 1. The minimum atomic E-state index is -0.625. The summed E-state index contributed by atoms with van der Waals surface area (Å²) >= 11 is 0. The molecule has 5 nitrogen and oxygen atoms in total. The van der Waals surface area contributed by atoms with Crippen molar-refractivity contribution in [2.24, 2.45) is 5.41 Å². The molecule has 1 aliphatic rings. The molecule has 1 saturated heterocycles. The fourth-order valence-electron chi connectivity index (χ4n) is 2.42. The largest absolute Gasteiger partial charge is 0.469 e. The van der Waals surface area contributed by atoms with E-state index in [0.717, 1.165) is 6.42 Å². The number of rotatable bonds is 4. The zero-order valence-electron chi connectivity index (χ0n) is 12.9. The van der Waals surface area contributed by atoms with E-state index < -0.39 is 11.0 Å². The molecule has 5 heteroatoms. The molecule has 0 radical (unpaired) electrons. The van der Waals surface area contributed by atoms with Crippen molar-refractivity contribution in [3.05, 3.63) is 12.7 Å². The van der Waals surface area contributed by atoms with Crippen molar-refractivity contribution in [2.45, 2.75) is 45.6 Å². The van der Waals surface area contributed by atoms with Crippen LogP contribution in [0.25, 0.3) is 0 Å². The summed E-state index contributed by atoms with van der Waals surface area (Å²) in [6.07, 6.45) is 3.37. The highest BCUT2D eigenvalue weighted by atomic mass is 16.6. The van der Waals surface area contributed by atoms with Crippen LogP contribution in [-0.2, 0) is 14.3 Å². The number of methoxy groups -OCH3 is 1. The summed E-state index contributed by atoms with van der Waals surface area (Å²) in [5.41, 5.74) is -1.16. The summed E-state index contributed by atoms with van der Waals surface area (Å²) in [5.74, 6) is -0.259. The lowest BCUT2D eigenvalue weighted by molar-refractivity contribution is -0.152. The number of likely N-dealkylation sites (tertiary alicyclic amines) is 1. The van der Waals surface area contributed by atoms with Crippen LogP contribution in [0.5, 0.6) is 0 Å². The topological polar surface area (TPSA) is 55.8 Å². The van der Waals surface area contributed by atoms with Gasteiger partial charge in [-0.3, -0.25) is 4.79 Å². The third-order valence-corrected chi connectivity index (χ3v) is 3.45. The predicted molar refractivity (Wildman–Crippen MR) is 76.3 cm³/mol. The Labute approximate surface area is 120 Å². The van der Waals surface area contributed by atoms with E-state index in [1.807, 2.05) is 20.8 Å². The van der Waals surface area contributed by atoms with E-state index in [-0.39, 0.29) is 12.1 Å². The van der Waals surface area contributed by atoms with Gasteiger partial charge < -0.3 is 14.4 Å². The SMILES string of the molecule is C=CCCC1(C(=O)OC)CCN(C(=O)OC(C)(C)C)C1. The fourth-order valence-corrected chi connectivity index (χ4v) is 2.42. The van der Waals surface area contributed by atoms with E-state index in [1.54, 1.807) is 11.0 Å². The van der Waals surface area contributed by atoms with Gasteiger partial charge in [-0.15, -0.1) is 6.58 Å². The number of carbonyl (C=O) groups is 2. The van der Waals surface area contributed by atoms with Crippen molar-refractivity contribution in [1.82, 2.24) is 4.90 Å². The molecule has 0 aromatic carbocycles. The molecule has 1 unspecified atom stereocenters. The summed E-state index contributed by atoms with van der Waals surface area (Å²) in [7, 11) is 1.38. The molecule has 0 saturated carbocycles. The first kappa shape index (κ1) is 16.5. The number of carbonyl (C=O) groups excluding carboxylic acids is 2. The maximum Gasteiger partial charge on any atom is 0.410 e. The second-order valence-corrected chi connectivity index (χ2v) is 6.25. The third kappa shape index (κ3) is 3.99. The second kappa shape index (κ2) is 6.29. The third-order valence-electron chi connectivity index (χ3n) is 3.45. The lowest BCUT2D eigenvalue weighted by Crippen LogP contribution is -2.40. The Kier molecular flexibility index (Phi) is 5.20. The minimum absolute atomic E-state index is 0.259. The summed E-state index contributed by atoms with van der Waals surface area (Å²) in [5, 5.41) is 0. The van der Waals surface area contributed by atoms with Crippen LogP contribution in [-0.4, -0.2) is 42.8 Å². The van der Waals surface area contributed by atoms with Crippen LogP contribution in [0.2, 0.25) is 0 Å². The van der Waals surface area contributed by atoms with E-state index in [2.05, 4.69) is 6.58 Å². The zero-order chi connectivity index (χ0) is 15.4. The molecule has 1 amide bonds. The monoisotopic (exact) mass is 283 g/mol. The van der Waals surface area contributed by atoms with Crippen LogP contribution in [0.15, 0.2) is 12.7 Å². The van der Waals surface area contributed by atoms with E-state index in [0.29, 0.717) is 25.9 Å². The quantitative estimate of drug-likeness (QED) is 0.588. The van der Waals surface area contributed by atoms with Gasteiger partial charge in [-0.2, -0.15) is 0 Å². The molecule has 0 aliphatic carbocycles. The molecule has 0 aromatic heterocycles. The van der Waals surface area contributed by atoms with Gasteiger partial charge >= 0.3 is 12.1 Å². The first-order valence-corrected chi connectivity index (χ1v) is 6.91. The van der Waals surface area contributed by atoms with Crippen LogP contribution in [0.4, 0.5) is 4.79 Å². The van der Waals surface area contributed by atoms with Crippen LogP contribution in [0.1, 0.15) is 40.0 Å². The molecule has 0 N–H and O–H groups in total. The number of ether oxygens (including phenoxy) is 2. The van der Waals surface area contributed by atoms with Crippen molar-refractivity contribution in [1.29, 1.82) is 0 Å². The maximum absolute atomic E-state index is 12.1. The molecule has 1 fully saturated rings. The van der Waals surface area contributed by atoms with Crippen molar-refractivity contribution in [3.63, 3.8) is 0 Å². The Morgan fingerprint density at radius 1 is 1.40 bits per heavy atom. The van der Waals surface area contributed by atoms with E-state index in [9.17, 15) is 9.59 Å². The Bertz CT molecular complexity index is 386. The van der Waals surface area contributed by atoms with E-state index >= 15 is 0 Å². The standard InChI is InChI=1S/C15H25NO4/c1-6-7-8-15(12(17)19-5)9-10-16(11-15)13(18)20-14(2,3)4/h6H,1,7-11H2,2-5H3. The molecule has 0 spiro atoms. The average molecular weight is 283 g/mol. The Morgan fingerprint density at radius 2 is 2.05 bits per heavy atom. The minimum Gasteiger partial charge on any atom is -0.469 e. The first-order valence-electron chi connectivity index (χ1n) is 6.91. The van der Waals surface area contributed by atoms with Gasteiger partial charge in [0.1, 0.15) is 5.60 Å². The van der Waals surface area contributed by atoms with Gasteiger partial charge in [0.05, 0.1) is 12.5 Å². The normalized spacial score (nSPS) is 22.5. The van der Waals surface area contributed by atoms with Crippen molar-refractivity contribution in [3.8, 4) is 0 Å². The number of allylic oxidation sites excluding steroid dienone is 1. The summed E-state index contributed by atoms with van der Waals surface area (Å²) in [6, 6.07) is 0. The van der Waals surface area contributed by atoms with Crippen LogP contribution >= 0.6 is 0 Å². The lowest BCUT2D eigenvalue weighted by Gasteiger charge is -2.27. The van der Waals surface area contributed by atoms with Gasteiger partial charge in [0.15, 0.2) is 0 Å². The molecule has 1 rings (SSSR count). The van der Waals surface area contributed by atoms with Crippen LogP contribution < -0.4 is 0 Å². The molecule has 20 heavy (non-hydrogen) atoms. The number of hydrogen-bond acceptors (Lipinski definition) is 4. The molecule has 1 heterocycles. The molecule has 1 atom stereocenters. The van der Waals surface area contributed by atoms with E-state index in [4.69, 9.17) is 9.47 Å². The summed E-state index contributed by atoms with van der Waals surface area (Å²) < 4.78 is 10.3. The van der Waals surface area contributed by atoms with Crippen molar-refractivity contribution in [2.75, 3.05) is 20.2 Å². The van der Waals surface area contributed by atoms with Gasteiger partial charge in [0, 0.05) is 13.1 Å². The maximum atomic E-state index is 12.1. The van der Waals surface area contributed by atoms with Gasteiger partial charge in [0.2, 0.25) is 0 Å². The Hall–Kier alpha value is -1.52. The zero-order valence-corrected chi connectivity index (χ0v) is 12.9. The highest BCUT2D eigenvalue weighted by Gasteiger charge is 2.47. The highest BCUT2D eigenvalue weighted by Crippen LogP contribution is 2.37. The second-order valence-electron chi connectivity index (χ2n) is 6.25. The smallest absolute Gasteiger partial charge is 0.410 e. The Balaban J connectivity index is 2.76. The van der Waals surface area contributed by atoms with Crippen molar-refractivity contribution >= 4 is 12.1 Å². The van der Waals surface area contributed by atoms with Gasteiger partial charge in [-0.1, -0.05) is 6.08 Å². The van der Waals surface area contributed by atoms with E-state index in [1.165, 1.54) is 7.11 Å². The van der Waals surface area contributed by atoms with Crippen LogP contribution in [0, 0.1) is 5.41 Å². The van der Waals surface area contributed by atoms with Gasteiger partial charge in [-0.25, -0.2) is 4.79 Å².